The molecule has 34 heavy (non-hydrogen) atoms. The Morgan fingerprint density at radius 2 is 2.09 bits per heavy atom. The van der Waals surface area contributed by atoms with E-state index in [1.165, 1.54) is 21.8 Å². The van der Waals surface area contributed by atoms with Crippen molar-refractivity contribution in [3.8, 4) is 6.07 Å². The van der Waals surface area contributed by atoms with Crippen LogP contribution in [0.5, 0.6) is 0 Å². The monoisotopic (exact) mass is 492 g/mol. The Bertz CT molecular complexity index is 1330. The molecule has 0 fully saturated rings. The number of nitrogens with one attached hydrogen (secondary N) is 1. The lowest BCUT2D eigenvalue weighted by molar-refractivity contribution is 0.103. The summed E-state index contributed by atoms with van der Waals surface area (Å²) in [4.78, 5) is 20.8. The molecule has 0 aliphatic heterocycles. The van der Waals surface area contributed by atoms with Crippen molar-refractivity contribution in [3.63, 3.8) is 0 Å². The van der Waals surface area contributed by atoms with Crippen LogP contribution in [0.3, 0.4) is 0 Å². The maximum absolute atomic E-state index is 13.3. The SMILES string of the molecule is CCC(C)(C)[C@@H]1CCc2nc3sc(C(=O)Nc4sc5c(c4C#N)CC[C@@H](C)C5)c(N)c3cc2C1. The number of nitrogens with two attached hydrogens (primary N) is 1. The van der Waals surface area contributed by atoms with E-state index in [0.29, 0.717) is 38.4 Å². The molecule has 3 heterocycles. The van der Waals surface area contributed by atoms with Crippen molar-refractivity contribution in [1.82, 2.24) is 4.98 Å². The Kier molecular flexibility index (Phi) is 5.94. The van der Waals surface area contributed by atoms with Crippen LogP contribution in [0.2, 0.25) is 0 Å². The molecule has 2 aliphatic carbocycles. The zero-order valence-electron chi connectivity index (χ0n) is 20.4. The summed E-state index contributed by atoms with van der Waals surface area (Å²) in [5.41, 5.74) is 11.5. The van der Waals surface area contributed by atoms with Crippen LogP contribution in [0.1, 0.15) is 83.9 Å². The van der Waals surface area contributed by atoms with Crippen molar-refractivity contribution >= 4 is 49.5 Å². The summed E-state index contributed by atoms with van der Waals surface area (Å²) in [5.74, 6) is 0.995. The molecule has 0 saturated carbocycles. The smallest absolute Gasteiger partial charge is 0.268 e. The highest BCUT2D eigenvalue weighted by Gasteiger charge is 2.32. The predicted molar refractivity (Wildman–Crippen MR) is 142 cm³/mol. The molecule has 5 rings (SSSR count). The molecule has 2 aliphatic rings. The molecule has 3 aromatic rings. The normalized spacial score (nSPS) is 20.0. The maximum Gasteiger partial charge on any atom is 0.268 e. The summed E-state index contributed by atoms with van der Waals surface area (Å²) in [5, 5.41) is 14.3. The summed E-state index contributed by atoms with van der Waals surface area (Å²) < 4.78 is 0. The number of nitrogen functional groups attached to an aromatic ring is 1. The van der Waals surface area contributed by atoms with Gasteiger partial charge in [-0.15, -0.1) is 22.7 Å². The minimum absolute atomic E-state index is 0.244. The van der Waals surface area contributed by atoms with Gasteiger partial charge < -0.3 is 11.1 Å². The number of aryl methyl sites for hydroxylation is 1. The average molecular weight is 493 g/mol. The molecule has 0 aromatic carbocycles. The van der Waals surface area contributed by atoms with Crippen LogP contribution < -0.4 is 11.1 Å². The largest absolute Gasteiger partial charge is 0.397 e. The Morgan fingerprint density at radius 3 is 2.82 bits per heavy atom. The van der Waals surface area contributed by atoms with E-state index in [4.69, 9.17) is 10.7 Å². The minimum Gasteiger partial charge on any atom is -0.397 e. The molecule has 0 spiro atoms. The third-order valence-corrected chi connectivity index (χ3v) is 10.4. The van der Waals surface area contributed by atoms with Crippen molar-refractivity contribution in [2.24, 2.45) is 17.3 Å². The summed E-state index contributed by atoms with van der Waals surface area (Å²) in [6.07, 6.45) is 7.26. The van der Waals surface area contributed by atoms with Gasteiger partial charge in [-0.05, 0) is 73.0 Å². The highest BCUT2D eigenvalue weighted by molar-refractivity contribution is 7.21. The van der Waals surface area contributed by atoms with E-state index in [1.807, 2.05) is 0 Å². The number of nitrogens with zero attached hydrogens (tertiary/aromatic N) is 2. The number of carbonyl (C=O) groups excluding carboxylic acids is 1. The van der Waals surface area contributed by atoms with Gasteiger partial charge in [-0.25, -0.2) is 4.98 Å². The highest BCUT2D eigenvalue weighted by Crippen LogP contribution is 2.43. The molecule has 1 amide bonds. The van der Waals surface area contributed by atoms with E-state index >= 15 is 0 Å². The lowest BCUT2D eigenvalue weighted by Gasteiger charge is -2.36. The quantitative estimate of drug-likeness (QED) is 0.422. The lowest BCUT2D eigenvalue weighted by atomic mass is 9.69. The van der Waals surface area contributed by atoms with Gasteiger partial charge in [0.25, 0.3) is 5.91 Å². The van der Waals surface area contributed by atoms with E-state index in [-0.39, 0.29) is 5.91 Å². The number of carbonyl (C=O) groups is 1. The number of hydrogen-bond donors (Lipinski definition) is 2. The van der Waals surface area contributed by atoms with Crippen LogP contribution in [-0.4, -0.2) is 10.9 Å². The Morgan fingerprint density at radius 1 is 1.29 bits per heavy atom. The third-order valence-electron chi connectivity index (χ3n) is 8.16. The maximum atomic E-state index is 13.3. The topological polar surface area (TPSA) is 91.8 Å². The Labute approximate surface area is 209 Å². The second-order valence-corrected chi connectivity index (χ2v) is 12.8. The first-order valence-electron chi connectivity index (χ1n) is 12.3. The predicted octanol–water partition coefficient (Wildman–Crippen LogP) is 6.73. The van der Waals surface area contributed by atoms with E-state index in [2.05, 4.69) is 45.1 Å². The van der Waals surface area contributed by atoms with Crippen molar-refractivity contribution in [1.29, 1.82) is 5.26 Å². The number of rotatable bonds is 4. The molecule has 2 atom stereocenters. The van der Waals surface area contributed by atoms with Crippen LogP contribution in [0.4, 0.5) is 10.7 Å². The number of fused-ring (bicyclic) bond motifs is 3. The van der Waals surface area contributed by atoms with Crippen molar-refractivity contribution in [2.45, 2.75) is 72.6 Å². The molecule has 0 bridgehead atoms. The van der Waals surface area contributed by atoms with E-state index in [1.54, 1.807) is 11.3 Å². The van der Waals surface area contributed by atoms with Crippen LogP contribution in [-0.2, 0) is 25.7 Å². The lowest BCUT2D eigenvalue weighted by Crippen LogP contribution is -2.29. The van der Waals surface area contributed by atoms with Crippen LogP contribution in [0.25, 0.3) is 10.2 Å². The van der Waals surface area contributed by atoms with Gasteiger partial charge in [-0.2, -0.15) is 5.26 Å². The number of thiophene rings is 2. The molecule has 3 N–H and O–H groups in total. The molecule has 3 aromatic heterocycles. The fourth-order valence-electron chi connectivity index (χ4n) is 5.43. The zero-order valence-corrected chi connectivity index (χ0v) is 22.0. The molecule has 0 saturated heterocycles. The minimum atomic E-state index is -0.244. The Hall–Kier alpha value is -2.43. The zero-order chi connectivity index (χ0) is 24.2. The van der Waals surface area contributed by atoms with Gasteiger partial charge in [0.15, 0.2) is 0 Å². The number of pyridine rings is 1. The fourth-order valence-corrected chi connectivity index (χ4v) is 7.78. The van der Waals surface area contributed by atoms with E-state index in [0.717, 1.165) is 66.4 Å². The van der Waals surface area contributed by atoms with Crippen molar-refractivity contribution < 1.29 is 4.79 Å². The summed E-state index contributed by atoms with van der Waals surface area (Å²) in [6, 6.07) is 4.50. The highest BCUT2D eigenvalue weighted by atomic mass is 32.1. The first-order valence-corrected chi connectivity index (χ1v) is 13.9. The Balaban J connectivity index is 1.45. The summed E-state index contributed by atoms with van der Waals surface area (Å²) >= 11 is 2.90. The van der Waals surface area contributed by atoms with Crippen LogP contribution in [0, 0.1) is 28.6 Å². The summed E-state index contributed by atoms with van der Waals surface area (Å²) in [7, 11) is 0. The van der Waals surface area contributed by atoms with Gasteiger partial charge in [0.2, 0.25) is 0 Å². The number of aromatic nitrogens is 1. The number of nitriles is 1. The van der Waals surface area contributed by atoms with Gasteiger partial charge in [-0.1, -0.05) is 34.1 Å². The molecule has 0 unspecified atom stereocenters. The van der Waals surface area contributed by atoms with Crippen molar-refractivity contribution in [2.75, 3.05) is 11.1 Å². The van der Waals surface area contributed by atoms with E-state index in [9.17, 15) is 10.1 Å². The second kappa shape index (κ2) is 8.66. The molecule has 5 nitrogen and oxygen atoms in total. The molecular weight excluding hydrogens is 460 g/mol. The second-order valence-electron chi connectivity index (χ2n) is 10.7. The van der Waals surface area contributed by atoms with Crippen LogP contribution in [0.15, 0.2) is 6.07 Å². The van der Waals surface area contributed by atoms with Gasteiger partial charge >= 0.3 is 0 Å². The molecule has 178 valence electrons. The fraction of sp³-hybridized carbons (Fsp3) is 0.519. The standard InChI is InChI=1S/C27H32N4OS2/c1-5-27(3,4)16-7-9-20-15(11-16)12-18-22(29)23(34-25(18)30-20)24(32)31-26-19(13-28)17-8-6-14(2)10-21(17)33-26/h12,14,16H,5-11,29H2,1-4H3,(H,31,32)/t14-,16-/m1/s1. The van der Waals surface area contributed by atoms with Gasteiger partial charge in [-0.3, -0.25) is 4.79 Å². The molecule has 0 radical (unpaired) electrons. The summed E-state index contributed by atoms with van der Waals surface area (Å²) in [6.45, 7) is 9.22. The number of amides is 1. The van der Waals surface area contributed by atoms with Gasteiger partial charge in [0, 0.05) is 16.0 Å². The molecule has 7 heteroatoms. The molecular formula is C27H32N4OS2. The first-order chi connectivity index (χ1) is 16.2. The third kappa shape index (κ3) is 3.91. The average Bonchev–Trinajstić information content (AvgIpc) is 3.32. The number of anilines is 2. The van der Waals surface area contributed by atoms with Crippen molar-refractivity contribution in [3.05, 3.63) is 38.2 Å². The van der Waals surface area contributed by atoms with Gasteiger partial charge in [0.05, 0.1) is 11.3 Å². The first kappa shape index (κ1) is 23.3. The van der Waals surface area contributed by atoms with Crippen LogP contribution >= 0.6 is 22.7 Å². The van der Waals surface area contributed by atoms with E-state index < -0.39 is 0 Å². The number of hydrogen-bond acceptors (Lipinski definition) is 6. The van der Waals surface area contributed by atoms with Gasteiger partial charge in [0.1, 0.15) is 20.8 Å².